The van der Waals surface area contributed by atoms with Crippen LogP contribution in [-0.4, -0.2) is 38.2 Å². The Balaban J connectivity index is 1.69. The summed E-state index contributed by atoms with van der Waals surface area (Å²) in [6.45, 7) is 2.70. The molecule has 0 spiro atoms. The van der Waals surface area contributed by atoms with E-state index in [4.69, 9.17) is 4.74 Å². The van der Waals surface area contributed by atoms with Crippen LogP contribution in [0.25, 0.3) is 0 Å². The molecule has 0 saturated heterocycles. The highest BCUT2D eigenvalue weighted by Gasteiger charge is 2.18. The Morgan fingerprint density at radius 2 is 1.89 bits per heavy atom. The fraction of sp³-hybridized carbons (Fsp3) is 0.625. The van der Waals surface area contributed by atoms with E-state index in [0.717, 1.165) is 31.5 Å². The van der Waals surface area contributed by atoms with Gasteiger partial charge in [-0.05, 0) is 44.6 Å². The second-order valence-corrected chi connectivity index (χ2v) is 5.44. The van der Waals surface area contributed by atoms with E-state index < -0.39 is 0 Å². The first-order chi connectivity index (χ1) is 9.29. The van der Waals surface area contributed by atoms with Crippen LogP contribution in [0.2, 0.25) is 0 Å². The summed E-state index contributed by atoms with van der Waals surface area (Å²) in [4.78, 5) is 2.45. The van der Waals surface area contributed by atoms with Crippen molar-refractivity contribution in [2.45, 2.75) is 38.3 Å². The standard InChI is InChI=1S/C16H26N2O/c1-17-13-14-7-9-16(10-8-14)19-12-11-18(2)15-5-3-4-6-15/h7-10,15,17H,3-6,11-13H2,1-2H3. The second kappa shape index (κ2) is 7.51. The molecule has 0 aromatic heterocycles. The Hall–Kier alpha value is -1.06. The third kappa shape index (κ3) is 4.51. The van der Waals surface area contributed by atoms with Crippen LogP contribution in [-0.2, 0) is 6.54 Å². The summed E-state index contributed by atoms with van der Waals surface area (Å²) in [6.07, 6.45) is 5.50. The number of ether oxygens (including phenoxy) is 1. The molecule has 0 amide bonds. The van der Waals surface area contributed by atoms with Crippen molar-refractivity contribution in [3.8, 4) is 5.75 Å². The Kier molecular flexibility index (Phi) is 5.67. The second-order valence-electron chi connectivity index (χ2n) is 5.44. The van der Waals surface area contributed by atoms with Gasteiger partial charge in [0.05, 0.1) is 0 Å². The van der Waals surface area contributed by atoms with Crippen molar-refractivity contribution < 1.29 is 4.74 Å². The van der Waals surface area contributed by atoms with Gasteiger partial charge in [-0.2, -0.15) is 0 Å². The van der Waals surface area contributed by atoms with Gasteiger partial charge in [0.1, 0.15) is 12.4 Å². The van der Waals surface area contributed by atoms with Crippen LogP contribution in [0.1, 0.15) is 31.2 Å². The highest BCUT2D eigenvalue weighted by atomic mass is 16.5. The number of rotatable bonds is 7. The van der Waals surface area contributed by atoms with Crippen LogP contribution in [0.3, 0.4) is 0 Å². The van der Waals surface area contributed by atoms with Crippen molar-refractivity contribution in [2.75, 3.05) is 27.2 Å². The van der Waals surface area contributed by atoms with Gasteiger partial charge in [-0.25, -0.2) is 0 Å². The third-order valence-electron chi connectivity index (χ3n) is 3.97. The summed E-state index contributed by atoms with van der Waals surface area (Å²) in [5, 5.41) is 3.15. The van der Waals surface area contributed by atoms with Crippen molar-refractivity contribution in [1.29, 1.82) is 0 Å². The molecule has 1 aromatic carbocycles. The molecule has 1 aliphatic rings. The molecule has 19 heavy (non-hydrogen) atoms. The lowest BCUT2D eigenvalue weighted by Gasteiger charge is -2.23. The number of hydrogen-bond donors (Lipinski definition) is 1. The lowest BCUT2D eigenvalue weighted by Crippen LogP contribution is -2.32. The fourth-order valence-electron chi connectivity index (χ4n) is 2.74. The number of nitrogens with one attached hydrogen (secondary N) is 1. The zero-order chi connectivity index (χ0) is 13.5. The molecule has 0 atom stereocenters. The molecule has 1 saturated carbocycles. The Morgan fingerprint density at radius 1 is 1.21 bits per heavy atom. The molecule has 1 N–H and O–H groups in total. The van der Waals surface area contributed by atoms with E-state index in [-0.39, 0.29) is 0 Å². The summed E-state index contributed by atoms with van der Waals surface area (Å²) in [5.74, 6) is 0.972. The maximum Gasteiger partial charge on any atom is 0.119 e. The molecule has 0 unspecified atom stereocenters. The summed E-state index contributed by atoms with van der Waals surface area (Å²) in [6, 6.07) is 9.13. The maximum atomic E-state index is 5.81. The minimum Gasteiger partial charge on any atom is -0.492 e. The minimum atomic E-state index is 0.776. The molecule has 0 radical (unpaired) electrons. The first kappa shape index (κ1) is 14.4. The predicted octanol–water partition coefficient (Wildman–Crippen LogP) is 2.66. The molecule has 3 heteroatoms. The van der Waals surface area contributed by atoms with Crippen LogP contribution >= 0.6 is 0 Å². The Labute approximate surface area is 116 Å². The van der Waals surface area contributed by atoms with Gasteiger partial charge in [0, 0.05) is 19.1 Å². The van der Waals surface area contributed by atoms with E-state index in [2.05, 4.69) is 41.5 Å². The number of hydrogen-bond acceptors (Lipinski definition) is 3. The number of likely N-dealkylation sites (N-methyl/N-ethyl adjacent to an activating group) is 1. The highest BCUT2D eigenvalue weighted by Crippen LogP contribution is 2.22. The quantitative estimate of drug-likeness (QED) is 0.817. The first-order valence-electron chi connectivity index (χ1n) is 7.36. The van der Waals surface area contributed by atoms with Gasteiger partial charge in [-0.1, -0.05) is 25.0 Å². The average molecular weight is 262 g/mol. The van der Waals surface area contributed by atoms with E-state index in [1.165, 1.54) is 31.2 Å². The van der Waals surface area contributed by atoms with Gasteiger partial charge in [0.2, 0.25) is 0 Å². The maximum absolute atomic E-state index is 5.81. The number of nitrogens with zero attached hydrogens (tertiary/aromatic N) is 1. The summed E-state index contributed by atoms with van der Waals surface area (Å²) in [5.41, 5.74) is 1.29. The molecular weight excluding hydrogens is 236 g/mol. The molecule has 1 fully saturated rings. The van der Waals surface area contributed by atoms with Crippen LogP contribution in [0.15, 0.2) is 24.3 Å². The van der Waals surface area contributed by atoms with Crippen molar-refractivity contribution in [3.63, 3.8) is 0 Å². The topological polar surface area (TPSA) is 24.5 Å². The van der Waals surface area contributed by atoms with Crippen LogP contribution in [0.4, 0.5) is 0 Å². The summed E-state index contributed by atoms with van der Waals surface area (Å²) in [7, 11) is 4.18. The zero-order valence-electron chi connectivity index (χ0n) is 12.2. The van der Waals surface area contributed by atoms with Crippen molar-refractivity contribution >= 4 is 0 Å². The lowest BCUT2D eigenvalue weighted by atomic mass is 10.2. The van der Waals surface area contributed by atoms with Gasteiger partial charge >= 0.3 is 0 Å². The third-order valence-corrected chi connectivity index (χ3v) is 3.97. The smallest absolute Gasteiger partial charge is 0.119 e. The lowest BCUT2D eigenvalue weighted by molar-refractivity contribution is 0.193. The van der Waals surface area contributed by atoms with Gasteiger partial charge in [0.15, 0.2) is 0 Å². The minimum absolute atomic E-state index is 0.776. The molecule has 0 bridgehead atoms. The van der Waals surface area contributed by atoms with Gasteiger partial charge < -0.3 is 15.0 Å². The van der Waals surface area contributed by atoms with Crippen molar-refractivity contribution in [3.05, 3.63) is 29.8 Å². The predicted molar refractivity (Wildman–Crippen MR) is 79.6 cm³/mol. The van der Waals surface area contributed by atoms with E-state index in [1.807, 2.05) is 7.05 Å². The molecular formula is C16H26N2O. The van der Waals surface area contributed by atoms with Crippen molar-refractivity contribution in [1.82, 2.24) is 10.2 Å². The van der Waals surface area contributed by atoms with Crippen LogP contribution < -0.4 is 10.1 Å². The summed E-state index contributed by atoms with van der Waals surface area (Å²) >= 11 is 0. The number of benzene rings is 1. The zero-order valence-corrected chi connectivity index (χ0v) is 12.2. The molecule has 1 aromatic rings. The van der Waals surface area contributed by atoms with E-state index in [9.17, 15) is 0 Å². The fourth-order valence-corrected chi connectivity index (χ4v) is 2.74. The molecule has 0 aliphatic heterocycles. The van der Waals surface area contributed by atoms with Gasteiger partial charge in [-0.15, -0.1) is 0 Å². The normalized spacial score (nSPS) is 16.2. The van der Waals surface area contributed by atoms with Crippen LogP contribution in [0.5, 0.6) is 5.75 Å². The molecule has 2 rings (SSSR count). The van der Waals surface area contributed by atoms with E-state index >= 15 is 0 Å². The van der Waals surface area contributed by atoms with Crippen LogP contribution in [0, 0.1) is 0 Å². The highest BCUT2D eigenvalue weighted by molar-refractivity contribution is 5.27. The van der Waals surface area contributed by atoms with Gasteiger partial charge in [-0.3, -0.25) is 0 Å². The van der Waals surface area contributed by atoms with Gasteiger partial charge in [0.25, 0.3) is 0 Å². The molecule has 3 nitrogen and oxygen atoms in total. The molecule has 1 aliphatic carbocycles. The monoisotopic (exact) mass is 262 g/mol. The SMILES string of the molecule is CNCc1ccc(OCCN(C)C2CCCC2)cc1. The Morgan fingerprint density at radius 3 is 2.53 bits per heavy atom. The average Bonchev–Trinajstić information content (AvgIpc) is 2.95. The largest absolute Gasteiger partial charge is 0.492 e. The van der Waals surface area contributed by atoms with Crippen molar-refractivity contribution in [2.24, 2.45) is 0 Å². The molecule has 106 valence electrons. The Bertz CT molecular complexity index is 358. The van der Waals surface area contributed by atoms with E-state index in [1.54, 1.807) is 0 Å². The first-order valence-corrected chi connectivity index (χ1v) is 7.36. The molecule has 0 heterocycles. The summed E-state index contributed by atoms with van der Waals surface area (Å²) < 4.78 is 5.81. The van der Waals surface area contributed by atoms with E-state index in [0.29, 0.717) is 0 Å².